The third-order valence-electron chi connectivity index (χ3n) is 4.19. The SMILES string of the molecule is Cc1nc2ccc(-c3ccnc4ccccc34)c(C)c2c(=O)[nH]1. The fourth-order valence-electron chi connectivity index (χ4n) is 3.14. The van der Waals surface area contributed by atoms with Gasteiger partial charge in [-0.3, -0.25) is 9.78 Å². The van der Waals surface area contributed by atoms with E-state index in [-0.39, 0.29) is 5.56 Å². The number of aryl methyl sites for hydroxylation is 2. The molecule has 4 aromatic rings. The molecule has 2 heterocycles. The summed E-state index contributed by atoms with van der Waals surface area (Å²) in [4.78, 5) is 24.0. The topological polar surface area (TPSA) is 58.6 Å². The molecule has 2 aromatic heterocycles. The number of para-hydroxylation sites is 1. The van der Waals surface area contributed by atoms with E-state index >= 15 is 0 Å². The molecular formula is C19H15N3O. The summed E-state index contributed by atoms with van der Waals surface area (Å²) in [7, 11) is 0. The minimum absolute atomic E-state index is 0.0924. The Hall–Kier alpha value is -3.01. The van der Waals surface area contributed by atoms with Gasteiger partial charge in [-0.1, -0.05) is 24.3 Å². The van der Waals surface area contributed by atoms with Crippen LogP contribution in [0.4, 0.5) is 0 Å². The standard InChI is InChI=1S/C19H15N3O/c1-11-13(7-8-17-18(11)19(23)22-12(2)21-17)14-9-10-20-16-6-4-3-5-15(14)16/h3-10H,1-2H3,(H,21,22,23). The third kappa shape index (κ3) is 2.11. The van der Waals surface area contributed by atoms with E-state index in [4.69, 9.17) is 0 Å². The number of rotatable bonds is 1. The van der Waals surface area contributed by atoms with Gasteiger partial charge < -0.3 is 4.98 Å². The molecule has 0 bridgehead atoms. The highest BCUT2D eigenvalue weighted by Crippen LogP contribution is 2.32. The van der Waals surface area contributed by atoms with Crippen molar-refractivity contribution >= 4 is 21.8 Å². The first-order valence-electron chi connectivity index (χ1n) is 7.49. The Kier molecular flexibility index (Phi) is 2.98. The van der Waals surface area contributed by atoms with Gasteiger partial charge in [-0.25, -0.2) is 4.98 Å². The van der Waals surface area contributed by atoms with Crippen molar-refractivity contribution in [3.63, 3.8) is 0 Å². The van der Waals surface area contributed by atoms with Crippen molar-refractivity contribution in [3.05, 3.63) is 70.4 Å². The lowest BCUT2D eigenvalue weighted by Crippen LogP contribution is -2.11. The van der Waals surface area contributed by atoms with Crippen LogP contribution in [0.25, 0.3) is 32.9 Å². The summed E-state index contributed by atoms with van der Waals surface area (Å²) < 4.78 is 0. The van der Waals surface area contributed by atoms with Crippen molar-refractivity contribution in [2.75, 3.05) is 0 Å². The summed E-state index contributed by atoms with van der Waals surface area (Å²) in [6.07, 6.45) is 1.80. The molecule has 0 aliphatic rings. The Bertz CT molecular complexity index is 1110. The van der Waals surface area contributed by atoms with Gasteiger partial charge in [0.25, 0.3) is 5.56 Å². The van der Waals surface area contributed by atoms with Crippen molar-refractivity contribution in [2.45, 2.75) is 13.8 Å². The number of hydrogen-bond donors (Lipinski definition) is 1. The molecule has 0 spiro atoms. The number of benzene rings is 2. The van der Waals surface area contributed by atoms with Crippen LogP contribution >= 0.6 is 0 Å². The maximum absolute atomic E-state index is 12.4. The highest BCUT2D eigenvalue weighted by atomic mass is 16.1. The number of aromatic nitrogens is 3. The number of pyridine rings is 1. The van der Waals surface area contributed by atoms with E-state index in [9.17, 15) is 4.79 Å². The number of H-pyrrole nitrogens is 1. The molecule has 0 radical (unpaired) electrons. The van der Waals surface area contributed by atoms with Crippen molar-refractivity contribution in [1.29, 1.82) is 0 Å². The van der Waals surface area contributed by atoms with Crippen LogP contribution < -0.4 is 5.56 Å². The predicted molar refractivity (Wildman–Crippen MR) is 92.6 cm³/mol. The van der Waals surface area contributed by atoms with Crippen molar-refractivity contribution in [3.8, 4) is 11.1 Å². The second-order valence-electron chi connectivity index (χ2n) is 5.66. The van der Waals surface area contributed by atoms with Crippen molar-refractivity contribution in [1.82, 2.24) is 15.0 Å². The van der Waals surface area contributed by atoms with Crippen LogP contribution in [-0.2, 0) is 0 Å². The van der Waals surface area contributed by atoms with Gasteiger partial charge in [0.05, 0.1) is 16.4 Å². The van der Waals surface area contributed by atoms with E-state index < -0.39 is 0 Å². The van der Waals surface area contributed by atoms with Gasteiger partial charge in [0, 0.05) is 11.6 Å². The molecule has 0 aliphatic carbocycles. The quantitative estimate of drug-likeness (QED) is 0.582. The molecule has 1 N–H and O–H groups in total. The zero-order chi connectivity index (χ0) is 16.0. The Morgan fingerprint density at radius 2 is 1.74 bits per heavy atom. The van der Waals surface area contributed by atoms with E-state index in [0.29, 0.717) is 11.2 Å². The Balaban J connectivity index is 2.10. The van der Waals surface area contributed by atoms with E-state index in [1.807, 2.05) is 43.3 Å². The number of fused-ring (bicyclic) bond motifs is 2. The number of nitrogens with one attached hydrogen (secondary N) is 1. The molecule has 0 saturated heterocycles. The molecule has 0 unspecified atom stereocenters. The fourth-order valence-corrected chi connectivity index (χ4v) is 3.14. The first-order valence-corrected chi connectivity index (χ1v) is 7.49. The summed E-state index contributed by atoms with van der Waals surface area (Å²) in [5.41, 5.74) is 4.63. The zero-order valence-electron chi connectivity index (χ0n) is 12.9. The van der Waals surface area contributed by atoms with E-state index in [1.165, 1.54) is 0 Å². The number of hydrogen-bond acceptors (Lipinski definition) is 3. The van der Waals surface area contributed by atoms with Crippen LogP contribution in [0.5, 0.6) is 0 Å². The Morgan fingerprint density at radius 1 is 0.913 bits per heavy atom. The molecule has 4 rings (SSSR count). The van der Waals surface area contributed by atoms with Gasteiger partial charge in [-0.05, 0) is 48.7 Å². The van der Waals surface area contributed by atoms with Crippen LogP contribution in [-0.4, -0.2) is 15.0 Å². The summed E-state index contributed by atoms with van der Waals surface area (Å²) in [5, 5.41) is 1.72. The first-order chi connectivity index (χ1) is 11.1. The van der Waals surface area contributed by atoms with Crippen LogP contribution in [0.1, 0.15) is 11.4 Å². The molecule has 0 amide bonds. The van der Waals surface area contributed by atoms with Gasteiger partial charge in [0.1, 0.15) is 5.82 Å². The summed E-state index contributed by atoms with van der Waals surface area (Å²) in [5.74, 6) is 0.629. The van der Waals surface area contributed by atoms with Crippen LogP contribution in [0.15, 0.2) is 53.5 Å². The summed E-state index contributed by atoms with van der Waals surface area (Å²) >= 11 is 0. The predicted octanol–water partition coefficient (Wildman–Crippen LogP) is 3.76. The van der Waals surface area contributed by atoms with Crippen LogP contribution in [0.3, 0.4) is 0 Å². The Morgan fingerprint density at radius 3 is 2.61 bits per heavy atom. The van der Waals surface area contributed by atoms with Gasteiger partial charge >= 0.3 is 0 Å². The van der Waals surface area contributed by atoms with Crippen LogP contribution in [0.2, 0.25) is 0 Å². The first kappa shape index (κ1) is 13.6. The molecular weight excluding hydrogens is 286 g/mol. The largest absolute Gasteiger partial charge is 0.310 e. The summed E-state index contributed by atoms with van der Waals surface area (Å²) in [6, 6.07) is 14.0. The molecule has 4 heteroatoms. The second kappa shape index (κ2) is 5.02. The number of nitrogens with zero attached hydrogens (tertiary/aromatic N) is 2. The van der Waals surface area contributed by atoms with Crippen LogP contribution in [0, 0.1) is 13.8 Å². The number of aromatic amines is 1. The molecule has 0 aliphatic heterocycles. The molecule has 23 heavy (non-hydrogen) atoms. The van der Waals surface area contributed by atoms with Gasteiger partial charge in [0.15, 0.2) is 0 Å². The fraction of sp³-hybridized carbons (Fsp3) is 0.105. The second-order valence-corrected chi connectivity index (χ2v) is 5.66. The van der Waals surface area contributed by atoms with Gasteiger partial charge in [-0.2, -0.15) is 0 Å². The van der Waals surface area contributed by atoms with Crippen molar-refractivity contribution < 1.29 is 0 Å². The maximum Gasteiger partial charge on any atom is 0.259 e. The molecule has 0 fully saturated rings. The maximum atomic E-state index is 12.4. The highest BCUT2D eigenvalue weighted by Gasteiger charge is 2.12. The zero-order valence-corrected chi connectivity index (χ0v) is 12.9. The normalized spacial score (nSPS) is 11.2. The lowest BCUT2D eigenvalue weighted by atomic mass is 9.95. The third-order valence-corrected chi connectivity index (χ3v) is 4.19. The minimum atomic E-state index is -0.0924. The lowest BCUT2D eigenvalue weighted by Gasteiger charge is -2.11. The minimum Gasteiger partial charge on any atom is -0.310 e. The lowest BCUT2D eigenvalue weighted by molar-refractivity contribution is 1.06. The van der Waals surface area contributed by atoms with E-state index in [1.54, 1.807) is 13.1 Å². The smallest absolute Gasteiger partial charge is 0.259 e. The Labute approximate surface area is 132 Å². The van der Waals surface area contributed by atoms with Gasteiger partial charge in [-0.15, -0.1) is 0 Å². The van der Waals surface area contributed by atoms with E-state index in [0.717, 1.165) is 33.1 Å². The molecule has 0 atom stereocenters. The monoisotopic (exact) mass is 301 g/mol. The summed E-state index contributed by atoms with van der Waals surface area (Å²) in [6.45, 7) is 3.76. The molecule has 0 saturated carbocycles. The highest BCUT2D eigenvalue weighted by molar-refractivity contribution is 5.98. The molecule has 4 nitrogen and oxygen atoms in total. The van der Waals surface area contributed by atoms with E-state index in [2.05, 4.69) is 21.0 Å². The molecule has 112 valence electrons. The van der Waals surface area contributed by atoms with Crippen molar-refractivity contribution in [2.24, 2.45) is 0 Å². The molecule has 2 aromatic carbocycles. The average molecular weight is 301 g/mol. The average Bonchev–Trinajstić information content (AvgIpc) is 2.54. The van der Waals surface area contributed by atoms with Gasteiger partial charge in [0.2, 0.25) is 0 Å².